The lowest BCUT2D eigenvalue weighted by molar-refractivity contribution is -0.137. The Hall–Kier alpha value is -1.47. The van der Waals surface area contributed by atoms with Gasteiger partial charge in [0.2, 0.25) is 17.7 Å². The van der Waals surface area contributed by atoms with Crippen LogP contribution in [-0.4, -0.2) is 72.8 Å². The first-order chi connectivity index (χ1) is 8.54. The number of nitrogens with zero attached hydrogens (tertiary/aromatic N) is 2. The van der Waals surface area contributed by atoms with E-state index in [0.717, 1.165) is 6.54 Å². The van der Waals surface area contributed by atoms with Crippen LogP contribution >= 0.6 is 0 Å². The molecule has 2 fully saturated rings. The average molecular weight is 254 g/mol. The third-order valence-corrected chi connectivity index (χ3v) is 3.24. The Morgan fingerprint density at radius 3 is 2.39 bits per heavy atom. The molecule has 0 aromatic carbocycles. The van der Waals surface area contributed by atoms with E-state index in [1.54, 1.807) is 0 Å². The number of piperazine rings is 2. The van der Waals surface area contributed by atoms with Gasteiger partial charge in [-0.3, -0.25) is 29.5 Å². The third kappa shape index (κ3) is 3.27. The molecule has 2 rings (SSSR count). The van der Waals surface area contributed by atoms with Crippen LogP contribution in [0.2, 0.25) is 0 Å². The van der Waals surface area contributed by atoms with Crippen LogP contribution in [0.15, 0.2) is 0 Å². The summed E-state index contributed by atoms with van der Waals surface area (Å²) in [5.41, 5.74) is 0. The molecule has 0 aliphatic carbocycles. The SMILES string of the molecule is CC(CN1CCNC(=O)C1)N1CC(=O)NC(=O)C1. The van der Waals surface area contributed by atoms with Gasteiger partial charge in [0, 0.05) is 25.7 Å². The summed E-state index contributed by atoms with van der Waals surface area (Å²) in [4.78, 5) is 37.7. The van der Waals surface area contributed by atoms with Crippen molar-refractivity contribution in [2.45, 2.75) is 13.0 Å². The van der Waals surface area contributed by atoms with Gasteiger partial charge in [-0.25, -0.2) is 0 Å². The first kappa shape index (κ1) is 13.0. The van der Waals surface area contributed by atoms with Crippen molar-refractivity contribution in [2.24, 2.45) is 0 Å². The van der Waals surface area contributed by atoms with E-state index in [1.165, 1.54) is 0 Å². The first-order valence-corrected chi connectivity index (χ1v) is 6.10. The number of amides is 3. The molecule has 1 atom stereocenters. The topological polar surface area (TPSA) is 81.8 Å². The monoisotopic (exact) mass is 254 g/mol. The van der Waals surface area contributed by atoms with Gasteiger partial charge in [-0.1, -0.05) is 0 Å². The molecule has 0 spiro atoms. The molecule has 2 saturated heterocycles. The Morgan fingerprint density at radius 1 is 1.11 bits per heavy atom. The van der Waals surface area contributed by atoms with Gasteiger partial charge in [-0.2, -0.15) is 0 Å². The zero-order valence-corrected chi connectivity index (χ0v) is 10.4. The van der Waals surface area contributed by atoms with Crippen molar-refractivity contribution in [1.29, 1.82) is 0 Å². The molecule has 100 valence electrons. The highest BCUT2D eigenvalue weighted by atomic mass is 16.2. The predicted octanol–water partition coefficient (Wildman–Crippen LogP) is -2.23. The number of carbonyl (C=O) groups is 3. The van der Waals surface area contributed by atoms with Gasteiger partial charge in [0.05, 0.1) is 19.6 Å². The zero-order chi connectivity index (χ0) is 13.1. The van der Waals surface area contributed by atoms with E-state index in [-0.39, 0.29) is 36.9 Å². The first-order valence-electron chi connectivity index (χ1n) is 6.10. The fraction of sp³-hybridized carbons (Fsp3) is 0.727. The zero-order valence-electron chi connectivity index (χ0n) is 10.4. The third-order valence-electron chi connectivity index (χ3n) is 3.24. The Balaban J connectivity index is 1.86. The Morgan fingerprint density at radius 2 is 1.78 bits per heavy atom. The minimum absolute atomic E-state index is 0.0286. The maximum Gasteiger partial charge on any atom is 0.240 e. The summed E-state index contributed by atoms with van der Waals surface area (Å²) in [7, 11) is 0. The molecule has 2 aliphatic heterocycles. The fourth-order valence-electron chi connectivity index (χ4n) is 2.31. The van der Waals surface area contributed by atoms with E-state index in [9.17, 15) is 14.4 Å². The Bertz CT molecular complexity index is 355. The van der Waals surface area contributed by atoms with Gasteiger partial charge in [-0.05, 0) is 6.92 Å². The molecule has 2 N–H and O–H groups in total. The molecule has 2 heterocycles. The molecular formula is C11H18N4O3. The molecule has 1 unspecified atom stereocenters. The lowest BCUT2D eigenvalue weighted by Gasteiger charge is -2.35. The summed E-state index contributed by atoms with van der Waals surface area (Å²) in [5, 5.41) is 5.04. The van der Waals surface area contributed by atoms with Crippen LogP contribution in [0.1, 0.15) is 6.92 Å². The fourth-order valence-corrected chi connectivity index (χ4v) is 2.31. The molecule has 7 heteroatoms. The molecular weight excluding hydrogens is 236 g/mol. The second-order valence-corrected chi connectivity index (χ2v) is 4.81. The summed E-state index contributed by atoms with van der Waals surface area (Å²) >= 11 is 0. The molecule has 0 aromatic rings. The summed E-state index contributed by atoms with van der Waals surface area (Å²) in [6, 6.07) is 0.0749. The summed E-state index contributed by atoms with van der Waals surface area (Å²) in [5.74, 6) is -0.482. The second kappa shape index (κ2) is 5.45. The average Bonchev–Trinajstić information content (AvgIpc) is 2.27. The number of rotatable bonds is 3. The minimum Gasteiger partial charge on any atom is -0.354 e. The van der Waals surface area contributed by atoms with Crippen molar-refractivity contribution < 1.29 is 14.4 Å². The molecule has 0 aromatic heterocycles. The van der Waals surface area contributed by atoms with Gasteiger partial charge >= 0.3 is 0 Å². The number of hydrogen-bond acceptors (Lipinski definition) is 5. The maximum absolute atomic E-state index is 11.3. The number of imide groups is 1. The van der Waals surface area contributed by atoms with Crippen molar-refractivity contribution in [3.63, 3.8) is 0 Å². The highest BCUT2D eigenvalue weighted by molar-refractivity contribution is 5.99. The van der Waals surface area contributed by atoms with Crippen molar-refractivity contribution in [1.82, 2.24) is 20.4 Å². The maximum atomic E-state index is 11.3. The Kier molecular flexibility index (Phi) is 3.93. The van der Waals surface area contributed by atoms with Crippen molar-refractivity contribution in [3.05, 3.63) is 0 Å². The predicted molar refractivity (Wildman–Crippen MR) is 63.6 cm³/mol. The van der Waals surface area contributed by atoms with Crippen molar-refractivity contribution in [3.8, 4) is 0 Å². The van der Waals surface area contributed by atoms with Gasteiger partial charge in [0.1, 0.15) is 0 Å². The molecule has 3 amide bonds. The van der Waals surface area contributed by atoms with Gasteiger partial charge in [-0.15, -0.1) is 0 Å². The van der Waals surface area contributed by atoms with E-state index in [2.05, 4.69) is 10.6 Å². The van der Waals surface area contributed by atoms with Crippen LogP contribution in [-0.2, 0) is 14.4 Å². The van der Waals surface area contributed by atoms with Gasteiger partial charge < -0.3 is 5.32 Å². The van der Waals surface area contributed by atoms with Crippen molar-refractivity contribution in [2.75, 3.05) is 39.3 Å². The normalized spacial score (nSPS) is 24.6. The summed E-state index contributed by atoms with van der Waals surface area (Å²) < 4.78 is 0. The van der Waals surface area contributed by atoms with E-state index < -0.39 is 0 Å². The molecule has 2 aliphatic rings. The standard InChI is InChI=1S/C11H18N4O3/c1-8(4-14-3-2-12-9(16)5-14)15-6-10(17)13-11(18)7-15/h8H,2-7H2,1H3,(H,12,16)(H,13,17,18). The van der Waals surface area contributed by atoms with E-state index >= 15 is 0 Å². The smallest absolute Gasteiger partial charge is 0.240 e. The second-order valence-electron chi connectivity index (χ2n) is 4.81. The number of nitrogens with one attached hydrogen (secondary N) is 2. The van der Waals surface area contributed by atoms with Crippen molar-refractivity contribution >= 4 is 17.7 Å². The number of hydrogen-bond donors (Lipinski definition) is 2. The van der Waals surface area contributed by atoms with Gasteiger partial charge in [0.25, 0.3) is 0 Å². The molecule has 0 saturated carbocycles. The number of carbonyl (C=O) groups excluding carboxylic acids is 3. The van der Waals surface area contributed by atoms with E-state index in [0.29, 0.717) is 19.6 Å². The molecule has 0 radical (unpaired) electrons. The van der Waals surface area contributed by atoms with Crippen LogP contribution in [0.4, 0.5) is 0 Å². The van der Waals surface area contributed by atoms with Crippen LogP contribution < -0.4 is 10.6 Å². The molecule has 0 bridgehead atoms. The van der Waals surface area contributed by atoms with Crippen LogP contribution in [0.5, 0.6) is 0 Å². The van der Waals surface area contributed by atoms with Crippen LogP contribution in [0.3, 0.4) is 0 Å². The van der Waals surface area contributed by atoms with Crippen LogP contribution in [0.25, 0.3) is 0 Å². The van der Waals surface area contributed by atoms with E-state index in [1.807, 2.05) is 16.7 Å². The van der Waals surface area contributed by atoms with Gasteiger partial charge in [0.15, 0.2) is 0 Å². The summed E-state index contributed by atoms with van der Waals surface area (Å²) in [6.07, 6.45) is 0. The minimum atomic E-state index is -0.255. The molecule has 18 heavy (non-hydrogen) atoms. The highest BCUT2D eigenvalue weighted by Crippen LogP contribution is 2.05. The molecule has 7 nitrogen and oxygen atoms in total. The largest absolute Gasteiger partial charge is 0.354 e. The van der Waals surface area contributed by atoms with Crippen LogP contribution in [0, 0.1) is 0 Å². The van der Waals surface area contributed by atoms with E-state index in [4.69, 9.17) is 0 Å². The summed E-state index contributed by atoms with van der Waals surface area (Å²) in [6.45, 7) is 5.00. The lowest BCUT2D eigenvalue weighted by atomic mass is 10.2. The quantitative estimate of drug-likeness (QED) is 0.557. The Labute approximate surface area is 105 Å². The highest BCUT2D eigenvalue weighted by Gasteiger charge is 2.28. The lowest BCUT2D eigenvalue weighted by Crippen LogP contribution is -2.57.